The van der Waals surface area contributed by atoms with Crippen molar-refractivity contribution < 1.29 is 9.32 Å². The summed E-state index contributed by atoms with van der Waals surface area (Å²) in [6.07, 6.45) is 4.17. The molecule has 2 N–H and O–H groups in total. The first-order valence-electron chi connectivity index (χ1n) is 8.68. The first kappa shape index (κ1) is 15.8. The fourth-order valence-electron chi connectivity index (χ4n) is 3.45. The topological polar surface area (TPSA) is 87.0 Å². The predicted octanol–water partition coefficient (Wildman–Crippen LogP) is 2.43. The molecular weight excluding hydrogens is 318 g/mol. The second-order valence-corrected chi connectivity index (χ2v) is 6.34. The maximum atomic E-state index is 12.3. The Kier molecular flexibility index (Phi) is 4.23. The Morgan fingerprint density at radius 3 is 3.24 bits per heavy atom. The van der Waals surface area contributed by atoms with Crippen LogP contribution in [0, 0.1) is 0 Å². The third-order valence-corrected chi connectivity index (χ3v) is 4.84. The molecule has 130 valence electrons. The number of carbonyl (C=O) groups is 1. The Morgan fingerprint density at radius 2 is 2.36 bits per heavy atom. The molecule has 1 amide bonds. The van der Waals surface area contributed by atoms with Gasteiger partial charge in [-0.2, -0.15) is 4.98 Å². The van der Waals surface area contributed by atoms with Gasteiger partial charge in [-0.1, -0.05) is 24.2 Å². The highest BCUT2D eigenvalue weighted by Gasteiger charge is 2.24. The quantitative estimate of drug-likeness (QED) is 0.745. The monoisotopic (exact) mass is 339 g/mol. The molecule has 2 aromatic heterocycles. The first-order chi connectivity index (χ1) is 12.2. The lowest BCUT2D eigenvalue weighted by Crippen LogP contribution is -2.40. The van der Waals surface area contributed by atoms with E-state index in [0.29, 0.717) is 18.4 Å². The maximum Gasteiger partial charge on any atom is 0.316 e. The summed E-state index contributed by atoms with van der Waals surface area (Å²) in [5.41, 5.74) is 1.81. The lowest BCUT2D eigenvalue weighted by Gasteiger charge is -2.22. The van der Waals surface area contributed by atoms with Crippen molar-refractivity contribution in [3.05, 3.63) is 36.4 Å². The molecule has 3 aromatic rings. The summed E-state index contributed by atoms with van der Waals surface area (Å²) in [6.45, 7) is 4.86. The van der Waals surface area contributed by atoms with Gasteiger partial charge in [-0.3, -0.25) is 9.69 Å². The molecule has 1 aromatic carbocycles. The van der Waals surface area contributed by atoms with E-state index >= 15 is 0 Å². The van der Waals surface area contributed by atoms with Gasteiger partial charge < -0.3 is 14.8 Å². The van der Waals surface area contributed by atoms with Crippen LogP contribution in [0.5, 0.6) is 0 Å². The predicted molar refractivity (Wildman–Crippen MR) is 94.2 cm³/mol. The molecule has 0 unspecified atom stereocenters. The number of nitrogens with one attached hydrogen (secondary N) is 2. The number of likely N-dealkylation sites (N-methyl/N-ethyl adjacent to an activating group) is 1. The van der Waals surface area contributed by atoms with Crippen molar-refractivity contribution in [1.82, 2.24) is 25.3 Å². The van der Waals surface area contributed by atoms with Crippen molar-refractivity contribution in [1.29, 1.82) is 0 Å². The van der Waals surface area contributed by atoms with Crippen molar-refractivity contribution in [2.45, 2.75) is 25.8 Å². The van der Waals surface area contributed by atoms with E-state index < -0.39 is 0 Å². The van der Waals surface area contributed by atoms with Gasteiger partial charge in [-0.15, -0.1) is 0 Å². The minimum absolute atomic E-state index is 0.00243. The maximum absolute atomic E-state index is 12.3. The second kappa shape index (κ2) is 6.68. The van der Waals surface area contributed by atoms with Gasteiger partial charge in [0.1, 0.15) is 0 Å². The van der Waals surface area contributed by atoms with E-state index in [1.54, 1.807) is 0 Å². The highest BCUT2D eigenvalue weighted by atomic mass is 16.5. The van der Waals surface area contributed by atoms with E-state index in [9.17, 15) is 4.79 Å². The summed E-state index contributed by atoms with van der Waals surface area (Å²) < 4.78 is 5.15. The molecule has 0 bridgehead atoms. The van der Waals surface area contributed by atoms with Crippen LogP contribution in [0.25, 0.3) is 22.3 Å². The number of likely N-dealkylation sites (tertiary alicyclic amines) is 1. The number of aromatic amines is 1. The third-order valence-electron chi connectivity index (χ3n) is 4.84. The zero-order valence-electron chi connectivity index (χ0n) is 14.2. The highest BCUT2D eigenvalue weighted by molar-refractivity contribution is 5.90. The van der Waals surface area contributed by atoms with Gasteiger partial charge in [0.2, 0.25) is 5.82 Å². The molecule has 0 aliphatic carbocycles. The van der Waals surface area contributed by atoms with Crippen LogP contribution >= 0.6 is 0 Å². The fourth-order valence-corrected chi connectivity index (χ4v) is 3.45. The van der Waals surface area contributed by atoms with Gasteiger partial charge >= 0.3 is 11.8 Å². The van der Waals surface area contributed by atoms with Gasteiger partial charge in [0.05, 0.1) is 0 Å². The molecule has 25 heavy (non-hydrogen) atoms. The Bertz CT molecular complexity index is 884. The number of rotatable bonds is 5. The van der Waals surface area contributed by atoms with Gasteiger partial charge in [-0.25, -0.2) is 0 Å². The number of benzene rings is 1. The lowest BCUT2D eigenvalue weighted by molar-refractivity contribution is 0.0897. The van der Waals surface area contributed by atoms with Crippen LogP contribution in [-0.4, -0.2) is 51.6 Å². The molecule has 1 aliphatic rings. The summed E-state index contributed by atoms with van der Waals surface area (Å²) in [5, 5.41) is 7.96. The number of nitrogens with zero attached hydrogens (tertiary/aromatic N) is 3. The summed E-state index contributed by atoms with van der Waals surface area (Å²) in [6, 6.07) is 8.24. The normalized spacial score (nSPS) is 18.0. The van der Waals surface area contributed by atoms with Crippen LogP contribution in [0.3, 0.4) is 0 Å². The number of hydrogen-bond acceptors (Lipinski definition) is 5. The molecule has 0 radical (unpaired) electrons. The van der Waals surface area contributed by atoms with E-state index in [0.717, 1.165) is 36.0 Å². The molecule has 0 spiro atoms. The van der Waals surface area contributed by atoms with Crippen LogP contribution in [-0.2, 0) is 0 Å². The minimum atomic E-state index is -0.317. The van der Waals surface area contributed by atoms with Crippen LogP contribution < -0.4 is 5.32 Å². The smallest absolute Gasteiger partial charge is 0.316 e. The number of carbonyl (C=O) groups excluding carboxylic acids is 1. The molecule has 0 saturated carbocycles. The number of H-pyrrole nitrogens is 1. The number of aromatic nitrogens is 3. The molecule has 3 heterocycles. The van der Waals surface area contributed by atoms with Gasteiger partial charge in [-0.05, 0) is 43.5 Å². The summed E-state index contributed by atoms with van der Waals surface area (Å²) in [4.78, 5) is 22.0. The molecule has 4 rings (SSSR count). The van der Waals surface area contributed by atoms with Crippen molar-refractivity contribution in [3.8, 4) is 11.4 Å². The van der Waals surface area contributed by atoms with Crippen molar-refractivity contribution in [3.63, 3.8) is 0 Å². The van der Waals surface area contributed by atoms with Gasteiger partial charge in [0.25, 0.3) is 0 Å². The van der Waals surface area contributed by atoms with Crippen molar-refractivity contribution >= 4 is 16.8 Å². The molecule has 1 aliphatic heterocycles. The summed E-state index contributed by atoms with van der Waals surface area (Å²) in [5.74, 6) is 0.1000. The zero-order valence-corrected chi connectivity index (χ0v) is 14.2. The Hall–Kier alpha value is -2.67. The standard InChI is InChI=1S/C18H21N5O2/c1-2-23-9-3-4-14(23)11-20-17(24)18-21-16(22-25-18)13-6-5-12-7-8-19-15(12)10-13/h5-8,10,14,19H,2-4,9,11H2,1H3,(H,20,24)/t14-/m1/s1. The van der Waals surface area contributed by atoms with Crippen LogP contribution in [0.1, 0.15) is 30.5 Å². The van der Waals surface area contributed by atoms with Crippen LogP contribution in [0.4, 0.5) is 0 Å². The number of fused-ring (bicyclic) bond motifs is 1. The highest BCUT2D eigenvalue weighted by Crippen LogP contribution is 2.21. The number of hydrogen-bond donors (Lipinski definition) is 2. The van der Waals surface area contributed by atoms with Crippen LogP contribution in [0.15, 0.2) is 35.0 Å². The molecule has 1 saturated heterocycles. The van der Waals surface area contributed by atoms with Crippen molar-refractivity contribution in [2.24, 2.45) is 0 Å². The van der Waals surface area contributed by atoms with Gasteiger partial charge in [0, 0.05) is 29.9 Å². The molecule has 7 heteroatoms. The van der Waals surface area contributed by atoms with Gasteiger partial charge in [0.15, 0.2) is 0 Å². The molecular formula is C18H21N5O2. The second-order valence-electron chi connectivity index (χ2n) is 6.34. The lowest BCUT2D eigenvalue weighted by atomic mass is 10.1. The minimum Gasteiger partial charge on any atom is -0.361 e. The third kappa shape index (κ3) is 3.15. The average Bonchev–Trinajstić information content (AvgIpc) is 3.38. The molecule has 1 atom stereocenters. The first-order valence-corrected chi connectivity index (χ1v) is 8.68. The van der Waals surface area contributed by atoms with E-state index in [1.807, 2.05) is 30.5 Å². The largest absolute Gasteiger partial charge is 0.361 e. The Morgan fingerprint density at radius 1 is 1.44 bits per heavy atom. The molecule has 1 fully saturated rings. The van der Waals surface area contributed by atoms with E-state index in [2.05, 4.69) is 32.3 Å². The SMILES string of the molecule is CCN1CCC[C@@H]1CNC(=O)c1nc(-c2ccc3cc[nH]c3c2)no1. The van der Waals surface area contributed by atoms with Crippen LogP contribution in [0.2, 0.25) is 0 Å². The Balaban J connectivity index is 1.44. The van der Waals surface area contributed by atoms with Crippen molar-refractivity contribution in [2.75, 3.05) is 19.6 Å². The van der Waals surface area contributed by atoms with E-state index in [1.165, 1.54) is 6.42 Å². The van der Waals surface area contributed by atoms with E-state index in [-0.39, 0.29) is 11.8 Å². The summed E-state index contributed by atoms with van der Waals surface area (Å²) in [7, 11) is 0. The summed E-state index contributed by atoms with van der Waals surface area (Å²) >= 11 is 0. The van der Waals surface area contributed by atoms with E-state index in [4.69, 9.17) is 4.52 Å². The molecule has 7 nitrogen and oxygen atoms in total. The number of amides is 1. The fraction of sp³-hybridized carbons (Fsp3) is 0.389. The Labute approximate surface area is 145 Å². The average molecular weight is 339 g/mol. The zero-order chi connectivity index (χ0) is 17.2.